The molecule has 112 valence electrons. The number of hydrogen-bond acceptors (Lipinski definition) is 2. The molecule has 0 radical (unpaired) electrons. The Morgan fingerprint density at radius 2 is 1.82 bits per heavy atom. The first-order valence-corrected chi connectivity index (χ1v) is 7.62. The lowest BCUT2D eigenvalue weighted by molar-refractivity contribution is -0.118. The van der Waals surface area contributed by atoms with E-state index in [0.29, 0.717) is 6.54 Å². The molecule has 2 aromatic rings. The van der Waals surface area contributed by atoms with Crippen LogP contribution in [0.15, 0.2) is 48.5 Å². The van der Waals surface area contributed by atoms with Crippen LogP contribution in [0.2, 0.25) is 0 Å². The first-order chi connectivity index (χ1) is 10.6. The molecule has 3 nitrogen and oxygen atoms in total. The fourth-order valence-corrected chi connectivity index (χ4v) is 3.11. The largest absolute Gasteiger partial charge is 0.304 e. The van der Waals surface area contributed by atoms with Crippen molar-refractivity contribution < 1.29 is 9.59 Å². The molecule has 1 unspecified atom stereocenters. The Bertz CT molecular complexity index is 718. The number of ketones is 1. The van der Waals surface area contributed by atoms with E-state index in [1.165, 1.54) is 0 Å². The summed E-state index contributed by atoms with van der Waals surface area (Å²) < 4.78 is 0. The lowest BCUT2D eigenvalue weighted by Gasteiger charge is -2.18. The number of Topliss-reactive ketones (excluding diaryl/α,β-unsaturated/α-hetero) is 1. The second-order valence-corrected chi connectivity index (χ2v) is 5.71. The number of nitrogens with zero attached hydrogens (tertiary/aromatic N) is 1. The van der Waals surface area contributed by atoms with Crippen molar-refractivity contribution in [1.82, 2.24) is 0 Å². The van der Waals surface area contributed by atoms with E-state index >= 15 is 0 Å². The molecule has 1 aliphatic rings. The smallest absolute Gasteiger partial charge is 0.258 e. The summed E-state index contributed by atoms with van der Waals surface area (Å²) in [7, 11) is 0. The molecule has 0 spiro atoms. The maximum atomic E-state index is 12.5. The van der Waals surface area contributed by atoms with Crippen molar-refractivity contribution in [2.45, 2.75) is 32.7 Å². The number of benzene rings is 2. The van der Waals surface area contributed by atoms with Gasteiger partial charge < -0.3 is 4.90 Å². The van der Waals surface area contributed by atoms with Gasteiger partial charge in [0.2, 0.25) is 0 Å². The summed E-state index contributed by atoms with van der Waals surface area (Å²) in [5, 5.41) is 0. The fourth-order valence-electron chi connectivity index (χ4n) is 3.11. The molecular weight excluding hydrogens is 274 g/mol. The van der Waals surface area contributed by atoms with E-state index in [2.05, 4.69) is 0 Å². The summed E-state index contributed by atoms with van der Waals surface area (Å²) in [6.07, 6.45) is 0.794. The topological polar surface area (TPSA) is 37.4 Å². The third-order valence-corrected chi connectivity index (χ3v) is 4.33. The van der Waals surface area contributed by atoms with Gasteiger partial charge in [-0.25, -0.2) is 0 Å². The predicted molar refractivity (Wildman–Crippen MR) is 87.1 cm³/mol. The fraction of sp³-hybridized carbons (Fsp3) is 0.263. The number of fused-ring (bicyclic) bond motifs is 1. The molecule has 2 aromatic carbocycles. The second-order valence-electron chi connectivity index (χ2n) is 5.71. The maximum Gasteiger partial charge on any atom is 0.258 e. The molecule has 0 bridgehead atoms. The zero-order valence-electron chi connectivity index (χ0n) is 12.9. The van der Waals surface area contributed by atoms with E-state index in [0.717, 1.165) is 28.8 Å². The molecule has 0 N–H and O–H groups in total. The summed E-state index contributed by atoms with van der Waals surface area (Å²) in [4.78, 5) is 25.9. The van der Waals surface area contributed by atoms with Crippen LogP contribution in [-0.2, 0) is 11.3 Å². The standard InChI is InChI=1S/C19H19NO2/c1-3-17(13(2)21)14-8-10-16(11-9-14)20-12-15-6-4-5-7-18(15)19(20)22/h4-11,17H,3,12H2,1-2H3. The summed E-state index contributed by atoms with van der Waals surface area (Å²) in [5.74, 6) is 0.169. The molecule has 0 aliphatic carbocycles. The van der Waals surface area contributed by atoms with E-state index in [1.54, 1.807) is 11.8 Å². The van der Waals surface area contributed by atoms with Crippen LogP contribution in [0, 0.1) is 0 Å². The van der Waals surface area contributed by atoms with Crippen LogP contribution in [0.25, 0.3) is 0 Å². The second kappa shape index (κ2) is 5.76. The Labute approximate surface area is 130 Å². The molecule has 1 heterocycles. The first-order valence-electron chi connectivity index (χ1n) is 7.62. The van der Waals surface area contributed by atoms with Gasteiger partial charge in [0.15, 0.2) is 0 Å². The van der Waals surface area contributed by atoms with Gasteiger partial charge in [-0.1, -0.05) is 37.3 Å². The van der Waals surface area contributed by atoms with Crippen molar-refractivity contribution >= 4 is 17.4 Å². The van der Waals surface area contributed by atoms with E-state index < -0.39 is 0 Å². The Kier molecular flexibility index (Phi) is 3.80. The van der Waals surface area contributed by atoms with E-state index in [-0.39, 0.29) is 17.6 Å². The van der Waals surface area contributed by atoms with Crippen LogP contribution in [0.4, 0.5) is 5.69 Å². The summed E-state index contributed by atoms with van der Waals surface area (Å²) in [6.45, 7) is 4.25. The van der Waals surface area contributed by atoms with Gasteiger partial charge >= 0.3 is 0 Å². The van der Waals surface area contributed by atoms with Crippen LogP contribution in [0.1, 0.15) is 47.7 Å². The molecule has 0 fully saturated rings. The lowest BCUT2D eigenvalue weighted by Crippen LogP contribution is -2.23. The van der Waals surface area contributed by atoms with Crippen molar-refractivity contribution in [1.29, 1.82) is 0 Å². The number of hydrogen-bond donors (Lipinski definition) is 0. The summed E-state index contributed by atoms with van der Waals surface area (Å²) >= 11 is 0. The third kappa shape index (κ3) is 2.43. The van der Waals surface area contributed by atoms with Gasteiger partial charge in [-0.05, 0) is 42.7 Å². The minimum absolute atomic E-state index is 0.0435. The highest BCUT2D eigenvalue weighted by molar-refractivity contribution is 6.10. The number of carbonyl (C=O) groups is 2. The first kappa shape index (κ1) is 14.5. The van der Waals surface area contributed by atoms with Gasteiger partial charge in [-0.2, -0.15) is 0 Å². The maximum absolute atomic E-state index is 12.5. The van der Waals surface area contributed by atoms with Crippen LogP contribution in [0.5, 0.6) is 0 Å². The van der Waals surface area contributed by atoms with Gasteiger partial charge in [0.1, 0.15) is 5.78 Å². The zero-order valence-corrected chi connectivity index (χ0v) is 12.9. The molecular formula is C19H19NO2. The van der Waals surface area contributed by atoms with Gasteiger partial charge in [0.05, 0.1) is 6.54 Å². The average Bonchev–Trinajstić information content (AvgIpc) is 2.86. The number of amides is 1. The molecule has 0 saturated heterocycles. The van der Waals surface area contributed by atoms with Crippen molar-refractivity contribution in [2.24, 2.45) is 0 Å². The van der Waals surface area contributed by atoms with E-state index in [1.807, 2.05) is 55.5 Å². The Hall–Kier alpha value is -2.42. The Balaban J connectivity index is 1.86. The van der Waals surface area contributed by atoms with Crippen molar-refractivity contribution in [2.75, 3.05) is 4.90 Å². The average molecular weight is 293 g/mol. The van der Waals surface area contributed by atoms with Crippen LogP contribution in [0.3, 0.4) is 0 Å². The van der Waals surface area contributed by atoms with Gasteiger partial charge in [0.25, 0.3) is 5.91 Å². The number of carbonyl (C=O) groups excluding carboxylic acids is 2. The molecule has 3 rings (SSSR count). The van der Waals surface area contributed by atoms with Crippen LogP contribution < -0.4 is 4.90 Å². The van der Waals surface area contributed by atoms with Crippen LogP contribution in [-0.4, -0.2) is 11.7 Å². The predicted octanol–water partition coefficient (Wildman–Crippen LogP) is 3.93. The molecule has 0 saturated carbocycles. The van der Waals surface area contributed by atoms with Gasteiger partial charge in [-0.15, -0.1) is 0 Å². The summed E-state index contributed by atoms with van der Waals surface area (Å²) in [6, 6.07) is 15.5. The molecule has 22 heavy (non-hydrogen) atoms. The van der Waals surface area contributed by atoms with E-state index in [9.17, 15) is 9.59 Å². The minimum atomic E-state index is -0.0551. The minimum Gasteiger partial charge on any atom is -0.304 e. The molecule has 0 aromatic heterocycles. The van der Waals surface area contributed by atoms with Crippen LogP contribution >= 0.6 is 0 Å². The highest BCUT2D eigenvalue weighted by Crippen LogP contribution is 2.30. The lowest BCUT2D eigenvalue weighted by atomic mass is 9.93. The monoisotopic (exact) mass is 293 g/mol. The van der Waals surface area contributed by atoms with Crippen molar-refractivity contribution in [3.63, 3.8) is 0 Å². The zero-order chi connectivity index (χ0) is 15.7. The third-order valence-electron chi connectivity index (χ3n) is 4.33. The Morgan fingerprint density at radius 3 is 2.41 bits per heavy atom. The summed E-state index contributed by atoms with van der Waals surface area (Å²) in [5.41, 5.74) is 3.74. The van der Waals surface area contributed by atoms with Crippen molar-refractivity contribution in [3.05, 3.63) is 65.2 Å². The molecule has 1 atom stereocenters. The van der Waals surface area contributed by atoms with Gasteiger partial charge in [-0.3, -0.25) is 9.59 Å². The van der Waals surface area contributed by atoms with E-state index in [4.69, 9.17) is 0 Å². The molecule has 3 heteroatoms. The number of anilines is 1. The highest BCUT2D eigenvalue weighted by Gasteiger charge is 2.28. The molecule has 1 amide bonds. The SMILES string of the molecule is CCC(C(C)=O)c1ccc(N2Cc3ccccc3C2=O)cc1. The highest BCUT2D eigenvalue weighted by atomic mass is 16.2. The Morgan fingerprint density at radius 1 is 1.14 bits per heavy atom. The number of rotatable bonds is 4. The quantitative estimate of drug-likeness (QED) is 0.856. The van der Waals surface area contributed by atoms with Crippen molar-refractivity contribution in [3.8, 4) is 0 Å². The normalized spacial score (nSPS) is 14.8. The van der Waals surface area contributed by atoms with Gasteiger partial charge in [0, 0.05) is 17.2 Å². The molecule has 1 aliphatic heterocycles.